The van der Waals surface area contributed by atoms with E-state index in [9.17, 15) is 13.2 Å². The Morgan fingerprint density at radius 2 is 2.08 bits per heavy atom. The highest BCUT2D eigenvalue weighted by Gasteiger charge is 2.20. The lowest BCUT2D eigenvalue weighted by Gasteiger charge is -2.12. The highest BCUT2D eigenvalue weighted by Crippen LogP contribution is 2.16. The van der Waals surface area contributed by atoms with Crippen LogP contribution in [-0.2, 0) is 24.3 Å². The van der Waals surface area contributed by atoms with Crippen molar-refractivity contribution in [3.63, 3.8) is 0 Å². The second-order valence-corrected chi connectivity index (χ2v) is 7.27. The SMILES string of the molecule is CCOCCC(=O)Nc1ccc(S(=O)(=O)NC[C@H]2CCCO2)cc1. The number of sulfonamides is 1. The zero-order chi connectivity index (χ0) is 17.4. The molecule has 1 heterocycles. The highest BCUT2D eigenvalue weighted by atomic mass is 32.2. The average Bonchev–Trinajstić information content (AvgIpc) is 3.07. The smallest absolute Gasteiger partial charge is 0.240 e. The Kier molecular flexibility index (Phi) is 7.16. The van der Waals surface area contributed by atoms with Crippen LogP contribution >= 0.6 is 0 Å². The van der Waals surface area contributed by atoms with Gasteiger partial charge in [0, 0.05) is 25.4 Å². The van der Waals surface area contributed by atoms with Crippen molar-refractivity contribution in [1.29, 1.82) is 0 Å². The van der Waals surface area contributed by atoms with Crippen LogP contribution in [0.4, 0.5) is 5.69 Å². The van der Waals surface area contributed by atoms with Gasteiger partial charge in [-0.2, -0.15) is 0 Å². The first-order chi connectivity index (χ1) is 11.5. The van der Waals surface area contributed by atoms with Gasteiger partial charge in [-0.3, -0.25) is 4.79 Å². The summed E-state index contributed by atoms with van der Waals surface area (Å²) in [6.07, 6.45) is 2.04. The molecular weight excluding hydrogens is 332 g/mol. The van der Waals surface area contributed by atoms with Gasteiger partial charge in [0.2, 0.25) is 15.9 Å². The lowest BCUT2D eigenvalue weighted by Crippen LogP contribution is -2.31. The molecule has 1 aromatic carbocycles. The quantitative estimate of drug-likeness (QED) is 0.654. The molecule has 1 atom stereocenters. The first-order valence-electron chi connectivity index (χ1n) is 8.10. The van der Waals surface area contributed by atoms with Gasteiger partial charge in [-0.1, -0.05) is 0 Å². The third-order valence-electron chi connectivity index (χ3n) is 3.65. The van der Waals surface area contributed by atoms with Gasteiger partial charge >= 0.3 is 0 Å². The lowest BCUT2D eigenvalue weighted by molar-refractivity contribution is -0.117. The Balaban J connectivity index is 1.86. The molecule has 1 saturated heterocycles. The summed E-state index contributed by atoms with van der Waals surface area (Å²) in [6, 6.07) is 6.07. The highest BCUT2D eigenvalue weighted by molar-refractivity contribution is 7.89. The molecule has 0 spiro atoms. The fourth-order valence-electron chi connectivity index (χ4n) is 2.34. The van der Waals surface area contributed by atoms with Gasteiger partial charge in [0.1, 0.15) is 0 Å². The molecule has 2 rings (SSSR count). The van der Waals surface area contributed by atoms with Crippen LogP contribution in [0.25, 0.3) is 0 Å². The predicted octanol–water partition coefficient (Wildman–Crippen LogP) is 1.51. The molecule has 1 aliphatic heterocycles. The molecule has 0 saturated carbocycles. The summed E-state index contributed by atoms with van der Waals surface area (Å²) >= 11 is 0. The Bertz CT molecular complexity index is 624. The molecule has 0 unspecified atom stereocenters. The van der Waals surface area contributed by atoms with Gasteiger partial charge in [-0.05, 0) is 44.0 Å². The molecule has 24 heavy (non-hydrogen) atoms. The molecule has 0 bridgehead atoms. The van der Waals surface area contributed by atoms with Crippen molar-refractivity contribution in [1.82, 2.24) is 4.72 Å². The van der Waals surface area contributed by atoms with E-state index in [2.05, 4.69) is 10.0 Å². The van der Waals surface area contributed by atoms with Crippen LogP contribution in [-0.4, -0.2) is 46.8 Å². The van der Waals surface area contributed by atoms with Gasteiger partial charge < -0.3 is 14.8 Å². The molecule has 1 amide bonds. The van der Waals surface area contributed by atoms with Crippen LogP contribution in [0.3, 0.4) is 0 Å². The van der Waals surface area contributed by atoms with Gasteiger partial charge in [-0.25, -0.2) is 13.1 Å². The molecule has 0 radical (unpaired) electrons. The Morgan fingerprint density at radius 3 is 2.71 bits per heavy atom. The van der Waals surface area contributed by atoms with E-state index in [0.717, 1.165) is 12.8 Å². The molecular formula is C16H24N2O5S. The molecule has 0 aromatic heterocycles. The van der Waals surface area contributed by atoms with E-state index < -0.39 is 10.0 Å². The zero-order valence-electron chi connectivity index (χ0n) is 13.8. The van der Waals surface area contributed by atoms with Crippen LogP contribution in [0, 0.1) is 0 Å². The van der Waals surface area contributed by atoms with E-state index in [1.165, 1.54) is 12.1 Å². The van der Waals surface area contributed by atoms with Crippen molar-refractivity contribution in [3.8, 4) is 0 Å². The number of carbonyl (C=O) groups is 1. The maximum atomic E-state index is 12.2. The van der Waals surface area contributed by atoms with Crippen LogP contribution in [0.15, 0.2) is 29.2 Å². The van der Waals surface area contributed by atoms with Gasteiger partial charge in [0.25, 0.3) is 0 Å². The number of benzene rings is 1. The van der Waals surface area contributed by atoms with Crippen LogP contribution in [0.2, 0.25) is 0 Å². The second kappa shape index (κ2) is 9.12. The maximum Gasteiger partial charge on any atom is 0.240 e. The summed E-state index contributed by atoms with van der Waals surface area (Å²) < 4.78 is 37.5. The number of hydrogen-bond acceptors (Lipinski definition) is 5. The second-order valence-electron chi connectivity index (χ2n) is 5.51. The van der Waals surface area contributed by atoms with Crippen molar-refractivity contribution >= 4 is 21.6 Å². The van der Waals surface area contributed by atoms with Crippen molar-refractivity contribution in [2.75, 3.05) is 31.7 Å². The molecule has 1 aliphatic rings. The largest absolute Gasteiger partial charge is 0.381 e. The Hall–Kier alpha value is -1.48. The third-order valence-corrected chi connectivity index (χ3v) is 5.09. The maximum absolute atomic E-state index is 12.2. The van der Waals surface area contributed by atoms with E-state index >= 15 is 0 Å². The van der Waals surface area contributed by atoms with Crippen molar-refractivity contribution in [2.24, 2.45) is 0 Å². The van der Waals surface area contributed by atoms with E-state index in [1.54, 1.807) is 12.1 Å². The van der Waals surface area contributed by atoms with Crippen LogP contribution in [0.5, 0.6) is 0 Å². The van der Waals surface area contributed by atoms with Gasteiger partial charge in [0.05, 0.1) is 24.0 Å². The number of nitrogens with one attached hydrogen (secondary N) is 2. The molecule has 1 aromatic rings. The van der Waals surface area contributed by atoms with E-state index in [1.807, 2.05) is 6.92 Å². The number of carbonyl (C=O) groups excluding carboxylic acids is 1. The predicted molar refractivity (Wildman–Crippen MR) is 90.3 cm³/mol. The standard InChI is InChI=1S/C16H24N2O5S/c1-2-22-11-9-16(19)18-13-5-7-15(8-6-13)24(20,21)17-12-14-4-3-10-23-14/h5-8,14,17H,2-4,9-12H2,1H3,(H,18,19)/t14-/m1/s1. The minimum Gasteiger partial charge on any atom is -0.381 e. The van der Waals surface area contributed by atoms with Crippen molar-refractivity contribution in [3.05, 3.63) is 24.3 Å². The molecule has 134 valence electrons. The van der Waals surface area contributed by atoms with Gasteiger partial charge in [-0.15, -0.1) is 0 Å². The average molecular weight is 356 g/mol. The molecule has 0 aliphatic carbocycles. The lowest BCUT2D eigenvalue weighted by atomic mass is 10.2. The number of amides is 1. The number of rotatable bonds is 9. The summed E-state index contributed by atoms with van der Waals surface area (Å²) in [4.78, 5) is 11.8. The summed E-state index contributed by atoms with van der Waals surface area (Å²) in [6.45, 7) is 3.76. The topological polar surface area (TPSA) is 93.7 Å². The molecule has 7 nitrogen and oxygen atoms in total. The fourth-order valence-corrected chi connectivity index (χ4v) is 3.41. The summed E-state index contributed by atoms with van der Waals surface area (Å²) in [5.41, 5.74) is 0.551. The molecule has 2 N–H and O–H groups in total. The number of ether oxygens (including phenoxy) is 2. The van der Waals surface area contributed by atoms with E-state index in [0.29, 0.717) is 25.5 Å². The first kappa shape index (κ1) is 18.9. The zero-order valence-corrected chi connectivity index (χ0v) is 14.6. The van der Waals surface area contributed by atoms with Crippen molar-refractivity contribution < 1.29 is 22.7 Å². The third kappa shape index (κ3) is 5.86. The molecule has 8 heteroatoms. The normalized spacial score (nSPS) is 17.8. The summed E-state index contributed by atoms with van der Waals surface area (Å²) in [5, 5.41) is 2.70. The minimum atomic E-state index is -3.57. The fraction of sp³-hybridized carbons (Fsp3) is 0.562. The van der Waals surface area contributed by atoms with E-state index in [-0.39, 0.29) is 29.9 Å². The molecule has 1 fully saturated rings. The van der Waals surface area contributed by atoms with Crippen LogP contribution < -0.4 is 10.0 Å². The van der Waals surface area contributed by atoms with Crippen molar-refractivity contribution in [2.45, 2.75) is 37.2 Å². The number of anilines is 1. The summed E-state index contributed by atoms with van der Waals surface area (Å²) in [7, 11) is -3.57. The van der Waals surface area contributed by atoms with E-state index in [4.69, 9.17) is 9.47 Å². The number of hydrogen-bond donors (Lipinski definition) is 2. The minimum absolute atomic E-state index is 0.0522. The Labute approximate surface area is 142 Å². The first-order valence-corrected chi connectivity index (χ1v) is 9.58. The summed E-state index contributed by atoms with van der Waals surface area (Å²) in [5.74, 6) is -0.171. The Morgan fingerprint density at radius 1 is 1.33 bits per heavy atom. The monoisotopic (exact) mass is 356 g/mol. The van der Waals surface area contributed by atoms with Crippen LogP contribution in [0.1, 0.15) is 26.2 Å². The van der Waals surface area contributed by atoms with Gasteiger partial charge in [0.15, 0.2) is 0 Å².